The number of likely N-dealkylation sites (N-methyl/N-ethyl adjacent to an activating group) is 1. The maximum atomic E-state index is 12.4. The molecule has 0 aromatic heterocycles. The van der Waals surface area contributed by atoms with Crippen molar-refractivity contribution >= 4 is 11.9 Å². The minimum atomic E-state index is -0.622. The van der Waals surface area contributed by atoms with Crippen LogP contribution in [-0.2, 0) is 20.9 Å². The van der Waals surface area contributed by atoms with Gasteiger partial charge in [-0.05, 0) is 26.5 Å². The third kappa shape index (κ3) is 4.06. The zero-order valence-electron chi connectivity index (χ0n) is 12.4. The summed E-state index contributed by atoms with van der Waals surface area (Å²) in [6.07, 6.45) is 0. The second-order valence-electron chi connectivity index (χ2n) is 4.66. The fourth-order valence-corrected chi connectivity index (χ4v) is 1.86. The molecular weight excluding hydrogens is 256 g/mol. The smallest absolute Gasteiger partial charge is 0.328 e. The summed E-state index contributed by atoms with van der Waals surface area (Å²) in [5, 5.41) is 2.90. The van der Waals surface area contributed by atoms with Gasteiger partial charge in [0.05, 0.1) is 13.2 Å². The number of hydrogen-bond acceptors (Lipinski definition) is 4. The molecule has 5 heteroatoms. The molecule has 2 unspecified atom stereocenters. The van der Waals surface area contributed by atoms with E-state index in [0.717, 1.165) is 5.56 Å². The number of hydrogen-bond donors (Lipinski definition) is 1. The number of esters is 1. The van der Waals surface area contributed by atoms with Gasteiger partial charge in [-0.3, -0.25) is 4.79 Å². The highest BCUT2D eigenvalue weighted by Crippen LogP contribution is 2.11. The Bertz CT molecular complexity index is 448. The first-order valence-corrected chi connectivity index (χ1v) is 6.60. The van der Waals surface area contributed by atoms with Gasteiger partial charge in [0.15, 0.2) is 0 Å². The van der Waals surface area contributed by atoms with Gasteiger partial charge in [0.2, 0.25) is 5.91 Å². The third-order valence-electron chi connectivity index (χ3n) is 3.29. The fraction of sp³-hybridized carbons (Fsp3) is 0.467. The van der Waals surface area contributed by atoms with E-state index in [0.29, 0.717) is 6.54 Å². The second-order valence-corrected chi connectivity index (χ2v) is 4.66. The van der Waals surface area contributed by atoms with Crippen LogP contribution in [0.3, 0.4) is 0 Å². The zero-order valence-corrected chi connectivity index (χ0v) is 12.4. The summed E-state index contributed by atoms with van der Waals surface area (Å²) in [5.74, 6) is -0.549. The fourth-order valence-electron chi connectivity index (χ4n) is 1.86. The maximum Gasteiger partial charge on any atom is 0.328 e. The second kappa shape index (κ2) is 7.65. The average molecular weight is 278 g/mol. The molecule has 0 spiro atoms. The number of nitrogens with zero attached hydrogens (tertiary/aromatic N) is 1. The van der Waals surface area contributed by atoms with Crippen LogP contribution in [-0.4, -0.2) is 43.0 Å². The van der Waals surface area contributed by atoms with Gasteiger partial charge >= 0.3 is 5.97 Å². The highest BCUT2D eigenvalue weighted by Gasteiger charge is 2.29. The topological polar surface area (TPSA) is 58.6 Å². The van der Waals surface area contributed by atoms with Crippen molar-refractivity contribution in [2.75, 3.05) is 14.2 Å². The number of methoxy groups -OCH3 is 1. The van der Waals surface area contributed by atoms with Crippen molar-refractivity contribution in [2.45, 2.75) is 32.5 Å². The Kier molecular flexibility index (Phi) is 6.18. The largest absolute Gasteiger partial charge is 0.467 e. The summed E-state index contributed by atoms with van der Waals surface area (Å²) in [7, 11) is 3.04. The molecule has 5 nitrogen and oxygen atoms in total. The van der Waals surface area contributed by atoms with Gasteiger partial charge in [-0.2, -0.15) is 0 Å². The molecule has 2 atom stereocenters. The molecule has 1 amide bonds. The molecule has 0 saturated heterocycles. The number of rotatable bonds is 6. The van der Waals surface area contributed by atoms with Gasteiger partial charge in [0.25, 0.3) is 0 Å². The molecule has 0 aliphatic carbocycles. The van der Waals surface area contributed by atoms with Crippen LogP contribution < -0.4 is 5.32 Å². The number of carbonyl (C=O) groups is 2. The molecule has 20 heavy (non-hydrogen) atoms. The van der Waals surface area contributed by atoms with Crippen LogP contribution >= 0.6 is 0 Å². The SMILES string of the molecule is CNC(C)C(=O)N(Cc1ccccc1)C(C)C(=O)OC. The minimum Gasteiger partial charge on any atom is -0.467 e. The first-order valence-electron chi connectivity index (χ1n) is 6.60. The first-order chi connectivity index (χ1) is 9.51. The standard InChI is InChI=1S/C15H22N2O3/c1-11(16-3)14(18)17(12(2)15(19)20-4)10-13-8-6-5-7-9-13/h5-9,11-12,16H,10H2,1-4H3. The van der Waals surface area contributed by atoms with Crippen molar-refractivity contribution in [1.29, 1.82) is 0 Å². The van der Waals surface area contributed by atoms with Crippen LogP contribution in [0.15, 0.2) is 30.3 Å². The Hall–Kier alpha value is -1.88. The maximum absolute atomic E-state index is 12.4. The highest BCUT2D eigenvalue weighted by molar-refractivity contribution is 5.87. The van der Waals surface area contributed by atoms with Crippen molar-refractivity contribution in [3.8, 4) is 0 Å². The number of carbonyl (C=O) groups excluding carboxylic acids is 2. The molecule has 0 fully saturated rings. The van der Waals surface area contributed by atoms with E-state index in [9.17, 15) is 9.59 Å². The Morgan fingerprint density at radius 1 is 1.25 bits per heavy atom. The average Bonchev–Trinajstić information content (AvgIpc) is 2.50. The van der Waals surface area contributed by atoms with Gasteiger partial charge in [0.1, 0.15) is 6.04 Å². The first kappa shape index (κ1) is 16.2. The van der Waals surface area contributed by atoms with Crippen LogP contribution in [0.5, 0.6) is 0 Å². The zero-order chi connectivity index (χ0) is 15.1. The quantitative estimate of drug-likeness (QED) is 0.794. The summed E-state index contributed by atoms with van der Waals surface area (Å²) >= 11 is 0. The van der Waals surface area contributed by atoms with E-state index in [1.54, 1.807) is 20.9 Å². The van der Waals surface area contributed by atoms with Gasteiger partial charge in [-0.1, -0.05) is 30.3 Å². The summed E-state index contributed by atoms with van der Waals surface area (Å²) in [6.45, 7) is 3.82. The number of nitrogens with one attached hydrogen (secondary N) is 1. The summed E-state index contributed by atoms with van der Waals surface area (Å²) in [6, 6.07) is 8.59. The van der Waals surface area contributed by atoms with E-state index in [4.69, 9.17) is 4.74 Å². The molecule has 0 saturated carbocycles. The Morgan fingerprint density at radius 2 is 1.85 bits per heavy atom. The van der Waals surface area contributed by atoms with E-state index < -0.39 is 12.0 Å². The molecular formula is C15H22N2O3. The summed E-state index contributed by atoms with van der Waals surface area (Å²) < 4.78 is 4.74. The molecule has 0 heterocycles. The third-order valence-corrected chi connectivity index (χ3v) is 3.29. The van der Waals surface area contributed by atoms with E-state index >= 15 is 0 Å². The molecule has 0 radical (unpaired) electrons. The molecule has 0 bridgehead atoms. The van der Waals surface area contributed by atoms with E-state index in [1.807, 2.05) is 30.3 Å². The van der Waals surface area contributed by atoms with E-state index in [2.05, 4.69) is 5.32 Å². The normalized spacial score (nSPS) is 13.4. The predicted octanol–water partition coefficient (Wildman–Crippen LogP) is 1.18. The van der Waals surface area contributed by atoms with Crippen molar-refractivity contribution < 1.29 is 14.3 Å². The lowest BCUT2D eigenvalue weighted by atomic mass is 10.1. The molecule has 1 rings (SSSR count). The highest BCUT2D eigenvalue weighted by atomic mass is 16.5. The van der Waals surface area contributed by atoms with Gasteiger partial charge in [0, 0.05) is 6.54 Å². The molecule has 1 aromatic rings. The minimum absolute atomic E-state index is 0.130. The lowest BCUT2D eigenvalue weighted by Gasteiger charge is -2.30. The monoisotopic (exact) mass is 278 g/mol. The Balaban J connectivity index is 2.95. The van der Waals surface area contributed by atoms with Crippen molar-refractivity contribution in [3.05, 3.63) is 35.9 Å². The van der Waals surface area contributed by atoms with Gasteiger partial charge < -0.3 is 15.0 Å². The number of ether oxygens (including phenoxy) is 1. The number of benzene rings is 1. The molecule has 0 aliphatic heterocycles. The predicted molar refractivity (Wildman–Crippen MR) is 77.0 cm³/mol. The lowest BCUT2D eigenvalue weighted by Crippen LogP contribution is -2.50. The van der Waals surface area contributed by atoms with Crippen LogP contribution in [0.1, 0.15) is 19.4 Å². The van der Waals surface area contributed by atoms with E-state index in [1.165, 1.54) is 12.0 Å². The van der Waals surface area contributed by atoms with Gasteiger partial charge in [-0.15, -0.1) is 0 Å². The Labute approximate surface area is 119 Å². The van der Waals surface area contributed by atoms with Crippen molar-refractivity contribution in [1.82, 2.24) is 10.2 Å². The van der Waals surface area contributed by atoms with Crippen LogP contribution in [0, 0.1) is 0 Å². The molecule has 110 valence electrons. The molecule has 1 N–H and O–H groups in total. The van der Waals surface area contributed by atoms with Crippen LogP contribution in [0.25, 0.3) is 0 Å². The Morgan fingerprint density at radius 3 is 2.35 bits per heavy atom. The molecule has 1 aromatic carbocycles. The van der Waals surface area contributed by atoms with Gasteiger partial charge in [-0.25, -0.2) is 4.79 Å². The van der Waals surface area contributed by atoms with E-state index in [-0.39, 0.29) is 11.9 Å². The number of amides is 1. The van der Waals surface area contributed by atoms with Crippen molar-refractivity contribution in [3.63, 3.8) is 0 Å². The van der Waals surface area contributed by atoms with Crippen molar-refractivity contribution in [2.24, 2.45) is 0 Å². The van der Waals surface area contributed by atoms with Crippen LogP contribution in [0.2, 0.25) is 0 Å². The molecule has 0 aliphatic rings. The summed E-state index contributed by atoms with van der Waals surface area (Å²) in [4.78, 5) is 25.6. The lowest BCUT2D eigenvalue weighted by molar-refractivity contribution is -0.153. The van der Waals surface area contributed by atoms with Crippen LogP contribution in [0.4, 0.5) is 0 Å². The summed E-state index contributed by atoms with van der Waals surface area (Å²) in [5.41, 5.74) is 0.972.